The molecule has 5 saturated carbocycles. The van der Waals surface area contributed by atoms with Crippen molar-refractivity contribution in [1.82, 2.24) is 4.90 Å². The molecule has 7 atom stereocenters. The lowest BCUT2D eigenvalue weighted by atomic mass is 9.44. The summed E-state index contributed by atoms with van der Waals surface area (Å²) in [4.78, 5) is 26.3. The Balaban J connectivity index is 1.19. The Labute approximate surface area is 201 Å². The first-order valence-electron chi connectivity index (χ1n) is 13.1. The Morgan fingerprint density at radius 2 is 1.97 bits per heavy atom. The van der Waals surface area contributed by atoms with Gasteiger partial charge >= 0.3 is 5.97 Å². The van der Waals surface area contributed by atoms with Crippen LogP contribution >= 0.6 is 0 Å². The van der Waals surface area contributed by atoms with Gasteiger partial charge in [0.25, 0.3) is 5.91 Å². The number of fused-ring (bicyclic) bond motifs is 1. The van der Waals surface area contributed by atoms with Gasteiger partial charge in [-0.3, -0.25) is 4.79 Å². The Morgan fingerprint density at radius 1 is 1.21 bits per heavy atom. The van der Waals surface area contributed by atoms with Gasteiger partial charge in [-0.05, 0) is 80.6 Å². The molecule has 0 aromatic carbocycles. The highest BCUT2D eigenvalue weighted by molar-refractivity contribution is 5.99. The van der Waals surface area contributed by atoms with Crippen LogP contribution in [0.15, 0.2) is 35.7 Å². The standard InChI is InChI=1S/C28H36FNO4/c1-15(26(32)33)21-5-4-10-30(21)25(31)19-12-18(16-6-7-16)22(13-20(19)29)34-24-14-28(24)9-8-17-11-23(28)27(17,2)3/h12-13,16-18,21-24H,1,4-11,14H2,2-3H3,(H,32,33)/t17-,18?,21?,22?,23+,24+,28-/m0/s1. The molecular formula is C28H36FNO4. The summed E-state index contributed by atoms with van der Waals surface area (Å²) in [5.74, 6) is -0.0659. The number of carboxylic acids is 1. The zero-order valence-corrected chi connectivity index (χ0v) is 20.3. The summed E-state index contributed by atoms with van der Waals surface area (Å²) in [6.45, 7) is 8.89. The van der Waals surface area contributed by atoms with E-state index in [4.69, 9.17) is 4.74 Å². The normalized spacial score (nSPS) is 42.0. The van der Waals surface area contributed by atoms with Gasteiger partial charge in [-0.2, -0.15) is 0 Å². The van der Waals surface area contributed by atoms with Crippen LogP contribution in [-0.2, 0) is 14.3 Å². The summed E-state index contributed by atoms with van der Waals surface area (Å²) in [7, 11) is 0. The summed E-state index contributed by atoms with van der Waals surface area (Å²) >= 11 is 0. The minimum absolute atomic E-state index is 0.000675. The molecule has 7 aliphatic rings. The molecule has 1 aliphatic heterocycles. The van der Waals surface area contributed by atoms with E-state index in [2.05, 4.69) is 20.4 Å². The predicted molar refractivity (Wildman–Crippen MR) is 125 cm³/mol. The first kappa shape index (κ1) is 22.5. The lowest BCUT2D eigenvalue weighted by molar-refractivity contribution is -0.138. The molecule has 1 saturated heterocycles. The molecule has 34 heavy (non-hydrogen) atoms. The van der Waals surface area contributed by atoms with Crippen molar-refractivity contribution in [2.24, 2.45) is 34.5 Å². The molecule has 3 unspecified atom stereocenters. The number of carbonyl (C=O) groups is 2. The van der Waals surface area contributed by atoms with Crippen LogP contribution < -0.4 is 0 Å². The Morgan fingerprint density at radius 3 is 2.62 bits per heavy atom. The van der Waals surface area contributed by atoms with Crippen molar-refractivity contribution in [3.63, 3.8) is 0 Å². The third-order valence-corrected chi connectivity index (χ3v) is 10.4. The lowest BCUT2D eigenvalue weighted by Crippen LogP contribution is -2.54. The van der Waals surface area contributed by atoms with Gasteiger partial charge in [-0.1, -0.05) is 26.5 Å². The van der Waals surface area contributed by atoms with Gasteiger partial charge in [0, 0.05) is 17.9 Å². The van der Waals surface area contributed by atoms with Crippen molar-refractivity contribution in [3.05, 3.63) is 35.7 Å². The Hall–Kier alpha value is -1.95. The van der Waals surface area contributed by atoms with Crippen LogP contribution in [0.5, 0.6) is 0 Å². The number of ether oxygens (including phenoxy) is 1. The van der Waals surface area contributed by atoms with E-state index in [1.807, 2.05) is 0 Å². The fourth-order valence-corrected chi connectivity index (χ4v) is 7.96. The molecule has 0 aromatic heterocycles. The van der Waals surface area contributed by atoms with Crippen molar-refractivity contribution in [2.45, 2.75) is 83.5 Å². The Bertz CT molecular complexity index is 1010. The molecule has 0 radical (unpaired) electrons. The second-order valence-electron chi connectivity index (χ2n) is 12.4. The van der Waals surface area contributed by atoms with Crippen LogP contribution in [0.3, 0.4) is 0 Å². The van der Waals surface area contributed by atoms with Crippen LogP contribution in [0.25, 0.3) is 0 Å². The fourth-order valence-electron chi connectivity index (χ4n) is 7.96. The smallest absolute Gasteiger partial charge is 0.333 e. The van der Waals surface area contributed by atoms with Gasteiger partial charge in [-0.15, -0.1) is 0 Å². The summed E-state index contributed by atoms with van der Waals surface area (Å²) in [6.07, 6.45) is 11.5. The highest BCUT2D eigenvalue weighted by Gasteiger charge is 2.71. The van der Waals surface area contributed by atoms with E-state index in [0.717, 1.165) is 25.2 Å². The second-order valence-corrected chi connectivity index (χ2v) is 12.4. The van der Waals surface area contributed by atoms with E-state index in [-0.39, 0.29) is 34.7 Å². The van der Waals surface area contributed by atoms with Crippen LogP contribution in [0.2, 0.25) is 0 Å². The molecule has 6 aliphatic carbocycles. The maximum atomic E-state index is 15.4. The quantitative estimate of drug-likeness (QED) is 0.554. The van der Waals surface area contributed by atoms with Crippen molar-refractivity contribution >= 4 is 11.9 Å². The third kappa shape index (κ3) is 3.27. The predicted octanol–water partition coefficient (Wildman–Crippen LogP) is 5.04. The fraction of sp³-hybridized carbons (Fsp3) is 0.714. The number of likely N-dealkylation sites (tertiary alicyclic amines) is 1. The van der Waals surface area contributed by atoms with Crippen molar-refractivity contribution < 1.29 is 23.8 Å². The third-order valence-electron chi connectivity index (χ3n) is 10.4. The minimum Gasteiger partial charge on any atom is -0.478 e. The maximum Gasteiger partial charge on any atom is 0.333 e. The van der Waals surface area contributed by atoms with Gasteiger partial charge < -0.3 is 14.7 Å². The number of carboxylic acid groups (broad SMARTS) is 1. The largest absolute Gasteiger partial charge is 0.478 e. The zero-order valence-electron chi connectivity index (χ0n) is 20.3. The van der Waals surface area contributed by atoms with Crippen molar-refractivity contribution in [3.8, 4) is 0 Å². The molecule has 1 heterocycles. The maximum absolute atomic E-state index is 15.4. The van der Waals surface area contributed by atoms with Gasteiger partial charge in [0.2, 0.25) is 0 Å². The van der Waals surface area contributed by atoms with E-state index in [0.29, 0.717) is 36.6 Å². The second kappa shape index (κ2) is 7.52. The SMILES string of the molecule is C=C(C(=O)O)C1CCCN1C(=O)C1=CC(C2CC2)C(O[C@@H]2C[C@]23CC[C@H]2C[C@@H]3C2(C)C)C=C1F. The molecule has 6 fully saturated rings. The topological polar surface area (TPSA) is 66.8 Å². The molecule has 1 amide bonds. The van der Waals surface area contributed by atoms with Gasteiger partial charge in [0.05, 0.1) is 29.4 Å². The van der Waals surface area contributed by atoms with Crippen LogP contribution in [-0.4, -0.2) is 46.7 Å². The van der Waals surface area contributed by atoms with E-state index < -0.39 is 23.7 Å². The molecule has 5 nitrogen and oxygen atoms in total. The first-order valence-corrected chi connectivity index (χ1v) is 13.1. The first-order chi connectivity index (χ1) is 16.1. The Kier molecular flexibility index (Phi) is 4.98. The summed E-state index contributed by atoms with van der Waals surface area (Å²) in [6, 6.07) is -0.570. The average molecular weight is 470 g/mol. The van der Waals surface area contributed by atoms with E-state index >= 15 is 4.39 Å². The minimum atomic E-state index is -1.11. The molecule has 184 valence electrons. The van der Waals surface area contributed by atoms with Gasteiger partial charge in [0.15, 0.2) is 0 Å². The number of amides is 1. The van der Waals surface area contributed by atoms with E-state index in [1.54, 1.807) is 6.08 Å². The molecule has 7 rings (SSSR count). The van der Waals surface area contributed by atoms with Crippen LogP contribution in [0.1, 0.15) is 65.2 Å². The molecule has 6 heteroatoms. The van der Waals surface area contributed by atoms with E-state index in [9.17, 15) is 14.7 Å². The summed E-state index contributed by atoms with van der Waals surface area (Å²) < 4.78 is 22.0. The molecule has 0 aromatic rings. The molecular weight excluding hydrogens is 433 g/mol. The number of nitrogens with zero attached hydrogens (tertiary/aromatic N) is 1. The number of rotatable bonds is 6. The van der Waals surface area contributed by atoms with E-state index in [1.165, 1.54) is 30.2 Å². The highest BCUT2D eigenvalue weighted by atomic mass is 19.1. The number of carbonyl (C=O) groups excluding carboxylic acids is 1. The summed E-state index contributed by atoms with van der Waals surface area (Å²) in [5.41, 5.74) is 0.745. The number of halogens is 1. The zero-order chi connectivity index (χ0) is 24.0. The lowest BCUT2D eigenvalue weighted by Gasteiger charge is -2.61. The highest BCUT2D eigenvalue weighted by Crippen LogP contribution is 2.75. The average Bonchev–Trinajstić information content (AvgIpc) is 3.69. The monoisotopic (exact) mass is 469 g/mol. The van der Waals surface area contributed by atoms with Crippen LogP contribution in [0, 0.1) is 34.5 Å². The van der Waals surface area contributed by atoms with Crippen molar-refractivity contribution in [2.75, 3.05) is 6.54 Å². The number of hydrogen-bond acceptors (Lipinski definition) is 3. The molecule has 2 bridgehead atoms. The molecule has 1 N–H and O–H groups in total. The molecule has 1 spiro atoms. The summed E-state index contributed by atoms with van der Waals surface area (Å²) in [5, 5.41) is 9.36. The number of hydrogen-bond donors (Lipinski definition) is 1. The van der Waals surface area contributed by atoms with Gasteiger partial charge in [-0.25, -0.2) is 9.18 Å². The van der Waals surface area contributed by atoms with Crippen LogP contribution in [0.4, 0.5) is 4.39 Å². The number of aliphatic carboxylic acids is 1. The van der Waals surface area contributed by atoms with Crippen molar-refractivity contribution in [1.29, 1.82) is 0 Å². The van der Waals surface area contributed by atoms with Gasteiger partial charge in [0.1, 0.15) is 5.83 Å².